The summed E-state index contributed by atoms with van der Waals surface area (Å²) < 4.78 is 0. The van der Waals surface area contributed by atoms with Crippen LogP contribution in [0.2, 0.25) is 0 Å². The lowest BCUT2D eigenvalue weighted by atomic mass is 9.83. The van der Waals surface area contributed by atoms with Crippen molar-refractivity contribution < 1.29 is 4.79 Å². The molecule has 1 aliphatic carbocycles. The molecule has 1 aromatic heterocycles. The van der Waals surface area contributed by atoms with Crippen molar-refractivity contribution in [2.24, 2.45) is 0 Å². The normalized spacial score (nSPS) is 23.7. The second-order valence-electron chi connectivity index (χ2n) is 6.75. The van der Waals surface area contributed by atoms with E-state index in [9.17, 15) is 10.1 Å². The molecule has 0 radical (unpaired) electrons. The maximum atomic E-state index is 12.6. The highest BCUT2D eigenvalue weighted by Crippen LogP contribution is 2.35. The van der Waals surface area contributed by atoms with E-state index in [1.165, 1.54) is 16.9 Å². The maximum Gasteiger partial charge on any atom is 0.235 e. The molecular formula is C18H25N3OS. The average Bonchev–Trinajstić information content (AvgIpc) is 3.04. The summed E-state index contributed by atoms with van der Waals surface area (Å²) in [6, 6.07) is 4.91. The number of carbonyl (C=O) groups excluding carboxylic acids is 1. The number of fused-ring (bicyclic) bond motifs is 1. The van der Waals surface area contributed by atoms with Gasteiger partial charge in [-0.25, -0.2) is 0 Å². The Balaban J connectivity index is 1.65. The summed E-state index contributed by atoms with van der Waals surface area (Å²) in [4.78, 5) is 16.3. The molecule has 0 spiro atoms. The molecule has 0 saturated heterocycles. The SMILES string of the molecule is CCC1c2ccsc2CCN1CC(=O)NC1(C#N)CCCCC1. The molecule has 5 heteroatoms. The third kappa shape index (κ3) is 3.44. The van der Waals surface area contributed by atoms with Crippen molar-refractivity contribution in [1.82, 2.24) is 10.2 Å². The van der Waals surface area contributed by atoms with Crippen molar-refractivity contribution in [3.8, 4) is 6.07 Å². The highest BCUT2D eigenvalue weighted by atomic mass is 32.1. The molecule has 1 saturated carbocycles. The fraction of sp³-hybridized carbons (Fsp3) is 0.667. The minimum Gasteiger partial charge on any atom is -0.337 e. The fourth-order valence-corrected chi connectivity index (χ4v) is 4.95. The Morgan fingerprint density at radius 1 is 1.48 bits per heavy atom. The zero-order valence-corrected chi connectivity index (χ0v) is 14.6. The molecule has 1 N–H and O–H groups in total. The Labute approximate surface area is 142 Å². The van der Waals surface area contributed by atoms with Gasteiger partial charge in [0.1, 0.15) is 5.54 Å². The third-order valence-electron chi connectivity index (χ3n) is 5.24. The van der Waals surface area contributed by atoms with Crippen LogP contribution in [-0.4, -0.2) is 29.4 Å². The summed E-state index contributed by atoms with van der Waals surface area (Å²) >= 11 is 1.83. The predicted molar refractivity (Wildman–Crippen MR) is 92.2 cm³/mol. The lowest BCUT2D eigenvalue weighted by molar-refractivity contribution is -0.124. The lowest BCUT2D eigenvalue weighted by Crippen LogP contribution is -2.52. The number of rotatable bonds is 4. The standard InChI is InChI=1S/C18H25N3OS/c1-2-15-14-7-11-23-16(14)6-10-21(15)12-17(22)20-18(13-19)8-4-3-5-9-18/h7,11,15H,2-6,8-10,12H2,1H3,(H,20,22). The van der Waals surface area contributed by atoms with Crippen LogP contribution in [0.5, 0.6) is 0 Å². The average molecular weight is 331 g/mol. The van der Waals surface area contributed by atoms with E-state index in [4.69, 9.17) is 0 Å². The molecule has 1 fully saturated rings. The first-order chi connectivity index (χ1) is 11.2. The summed E-state index contributed by atoms with van der Waals surface area (Å²) in [5.74, 6) is 0.00517. The summed E-state index contributed by atoms with van der Waals surface area (Å²) in [5.41, 5.74) is 0.768. The Morgan fingerprint density at radius 3 is 2.96 bits per heavy atom. The third-order valence-corrected chi connectivity index (χ3v) is 6.24. The molecule has 0 aromatic carbocycles. The molecule has 1 aromatic rings. The zero-order valence-electron chi connectivity index (χ0n) is 13.8. The van der Waals surface area contributed by atoms with Gasteiger partial charge in [-0.05, 0) is 42.7 Å². The first kappa shape index (κ1) is 16.5. The van der Waals surface area contributed by atoms with E-state index in [0.29, 0.717) is 12.6 Å². The molecule has 2 aliphatic rings. The van der Waals surface area contributed by atoms with Crippen molar-refractivity contribution in [3.63, 3.8) is 0 Å². The Kier molecular flexibility index (Phi) is 5.03. The van der Waals surface area contributed by atoms with Crippen molar-refractivity contribution in [2.45, 2.75) is 63.5 Å². The summed E-state index contributed by atoms with van der Waals surface area (Å²) in [7, 11) is 0. The van der Waals surface area contributed by atoms with Gasteiger partial charge in [0.2, 0.25) is 5.91 Å². The first-order valence-electron chi connectivity index (χ1n) is 8.70. The molecule has 4 nitrogen and oxygen atoms in total. The van der Waals surface area contributed by atoms with Crippen molar-refractivity contribution in [3.05, 3.63) is 21.9 Å². The molecule has 2 heterocycles. The van der Waals surface area contributed by atoms with E-state index in [-0.39, 0.29) is 5.91 Å². The predicted octanol–water partition coefficient (Wildman–Crippen LogP) is 3.40. The van der Waals surface area contributed by atoms with E-state index in [1.54, 1.807) is 0 Å². The monoisotopic (exact) mass is 331 g/mol. The second-order valence-corrected chi connectivity index (χ2v) is 7.75. The van der Waals surface area contributed by atoms with Crippen LogP contribution in [0.25, 0.3) is 0 Å². The summed E-state index contributed by atoms with van der Waals surface area (Å²) in [5, 5.41) is 14.7. The lowest BCUT2D eigenvalue weighted by Gasteiger charge is -2.36. The van der Waals surface area contributed by atoms with E-state index in [1.807, 2.05) is 11.3 Å². The molecule has 124 valence electrons. The van der Waals surface area contributed by atoms with Gasteiger partial charge in [0.25, 0.3) is 0 Å². The summed E-state index contributed by atoms with van der Waals surface area (Å²) in [6.07, 6.45) is 6.87. The number of nitriles is 1. The van der Waals surface area contributed by atoms with Crippen LogP contribution >= 0.6 is 11.3 Å². The number of hydrogen-bond donors (Lipinski definition) is 1. The van der Waals surface area contributed by atoms with Crippen LogP contribution in [0.1, 0.15) is 61.9 Å². The number of amides is 1. The Morgan fingerprint density at radius 2 is 2.26 bits per heavy atom. The van der Waals surface area contributed by atoms with Gasteiger partial charge >= 0.3 is 0 Å². The molecule has 0 bridgehead atoms. The largest absolute Gasteiger partial charge is 0.337 e. The van der Waals surface area contributed by atoms with Gasteiger partial charge in [-0.3, -0.25) is 9.69 Å². The Bertz CT molecular complexity index is 598. The Hall–Kier alpha value is -1.38. The quantitative estimate of drug-likeness (QED) is 0.920. The number of nitrogens with zero attached hydrogens (tertiary/aromatic N) is 2. The minimum absolute atomic E-state index is 0.00517. The molecule has 3 rings (SSSR count). The van der Waals surface area contributed by atoms with Crippen molar-refractivity contribution in [1.29, 1.82) is 5.26 Å². The van der Waals surface area contributed by atoms with Gasteiger partial charge in [0.05, 0.1) is 12.6 Å². The number of thiophene rings is 1. The number of carbonyl (C=O) groups is 1. The van der Waals surface area contributed by atoms with E-state index in [0.717, 1.165) is 45.1 Å². The van der Waals surface area contributed by atoms with E-state index < -0.39 is 5.54 Å². The first-order valence-corrected chi connectivity index (χ1v) is 9.58. The van der Waals surface area contributed by atoms with Crippen LogP contribution < -0.4 is 5.32 Å². The molecule has 1 amide bonds. The number of nitrogens with one attached hydrogen (secondary N) is 1. The van der Waals surface area contributed by atoms with Gasteiger partial charge < -0.3 is 5.32 Å². The van der Waals surface area contributed by atoms with Crippen LogP contribution in [-0.2, 0) is 11.2 Å². The van der Waals surface area contributed by atoms with E-state index >= 15 is 0 Å². The van der Waals surface area contributed by atoms with E-state index in [2.05, 4.69) is 34.7 Å². The maximum absolute atomic E-state index is 12.6. The zero-order chi connectivity index (χ0) is 16.3. The van der Waals surface area contributed by atoms with Crippen LogP contribution in [0.4, 0.5) is 0 Å². The van der Waals surface area contributed by atoms with Crippen LogP contribution in [0.3, 0.4) is 0 Å². The molecule has 1 unspecified atom stereocenters. The summed E-state index contributed by atoms with van der Waals surface area (Å²) in [6.45, 7) is 3.51. The molecular weight excluding hydrogens is 306 g/mol. The van der Waals surface area contributed by atoms with Gasteiger partial charge in [0, 0.05) is 17.5 Å². The molecule has 23 heavy (non-hydrogen) atoms. The fourth-order valence-electron chi connectivity index (χ4n) is 4.03. The van der Waals surface area contributed by atoms with Crippen LogP contribution in [0, 0.1) is 11.3 Å². The second kappa shape index (κ2) is 7.02. The minimum atomic E-state index is -0.625. The number of hydrogen-bond acceptors (Lipinski definition) is 4. The topological polar surface area (TPSA) is 56.1 Å². The highest BCUT2D eigenvalue weighted by Gasteiger charge is 2.35. The van der Waals surface area contributed by atoms with Crippen LogP contribution in [0.15, 0.2) is 11.4 Å². The van der Waals surface area contributed by atoms with Crippen molar-refractivity contribution >= 4 is 17.2 Å². The smallest absolute Gasteiger partial charge is 0.235 e. The van der Waals surface area contributed by atoms with Gasteiger partial charge in [-0.2, -0.15) is 5.26 Å². The highest BCUT2D eigenvalue weighted by molar-refractivity contribution is 7.10. The van der Waals surface area contributed by atoms with Crippen molar-refractivity contribution in [2.75, 3.05) is 13.1 Å². The van der Waals surface area contributed by atoms with Gasteiger partial charge in [-0.1, -0.05) is 26.2 Å². The molecule has 1 aliphatic heterocycles. The van der Waals surface area contributed by atoms with Gasteiger partial charge in [-0.15, -0.1) is 11.3 Å². The van der Waals surface area contributed by atoms with Gasteiger partial charge in [0.15, 0.2) is 0 Å². The molecule has 1 atom stereocenters.